The van der Waals surface area contributed by atoms with Gasteiger partial charge in [0.15, 0.2) is 0 Å². The lowest BCUT2D eigenvalue weighted by Gasteiger charge is -2.18. The Bertz CT molecular complexity index is 430. The number of hydrogen-bond donors (Lipinski definition) is 1. The zero-order valence-electron chi connectivity index (χ0n) is 12.4. The average Bonchev–Trinajstić information content (AvgIpc) is 2.49. The molecule has 0 amide bonds. The molecule has 0 aliphatic carbocycles. The van der Waals surface area contributed by atoms with Gasteiger partial charge < -0.3 is 19.3 Å². The fourth-order valence-electron chi connectivity index (χ4n) is 1.69. The Balaban J connectivity index is 2.37. The summed E-state index contributed by atoms with van der Waals surface area (Å²) in [4.78, 5) is 11.2. The van der Waals surface area contributed by atoms with Gasteiger partial charge in [-0.1, -0.05) is 30.3 Å². The smallest absolute Gasteiger partial charge is 0.330 e. The minimum absolute atomic E-state index is 0.112. The van der Waals surface area contributed by atoms with Crippen LogP contribution in [0.2, 0.25) is 0 Å². The second kappa shape index (κ2) is 10.1. The molecule has 0 saturated heterocycles. The second-order valence-electron chi connectivity index (χ2n) is 4.38. The van der Waals surface area contributed by atoms with Gasteiger partial charge in [0.25, 0.3) is 0 Å². The summed E-state index contributed by atoms with van der Waals surface area (Å²) >= 11 is 0. The molecule has 0 aliphatic rings. The summed E-state index contributed by atoms with van der Waals surface area (Å²) in [5.74, 6) is -0.461. The first-order chi connectivity index (χ1) is 10.2. The van der Waals surface area contributed by atoms with E-state index in [9.17, 15) is 9.90 Å². The maximum atomic E-state index is 11.2. The minimum atomic E-state index is -0.857. The second-order valence-corrected chi connectivity index (χ2v) is 4.38. The van der Waals surface area contributed by atoms with Gasteiger partial charge in [0.05, 0.1) is 19.8 Å². The van der Waals surface area contributed by atoms with Crippen LogP contribution >= 0.6 is 0 Å². The molecule has 2 atom stereocenters. The Kier molecular flexibility index (Phi) is 8.35. The van der Waals surface area contributed by atoms with Crippen molar-refractivity contribution in [3.8, 4) is 0 Å². The molecule has 5 nitrogen and oxygen atoms in total. The van der Waals surface area contributed by atoms with Crippen LogP contribution < -0.4 is 0 Å². The van der Waals surface area contributed by atoms with E-state index in [1.54, 1.807) is 6.92 Å². The van der Waals surface area contributed by atoms with Crippen molar-refractivity contribution in [2.45, 2.75) is 25.7 Å². The van der Waals surface area contributed by atoms with E-state index in [2.05, 4.69) is 0 Å². The first-order valence-electron chi connectivity index (χ1n) is 6.84. The molecule has 1 rings (SSSR count). The summed E-state index contributed by atoms with van der Waals surface area (Å²) in [5.41, 5.74) is 1.03. The SMILES string of the molecule is CCOC(=O)/C=C/[C@H](OC)[C@@H](O)COCc1ccccc1. The summed E-state index contributed by atoms with van der Waals surface area (Å²) in [6, 6.07) is 9.67. The fraction of sp³-hybridized carbons (Fsp3) is 0.438. The van der Waals surface area contributed by atoms with E-state index in [-0.39, 0.29) is 6.61 Å². The van der Waals surface area contributed by atoms with Crippen LogP contribution in [0.5, 0.6) is 0 Å². The first kappa shape index (κ1) is 17.4. The molecular formula is C16H22O5. The topological polar surface area (TPSA) is 65.0 Å². The molecule has 0 unspecified atom stereocenters. The van der Waals surface area contributed by atoms with E-state index >= 15 is 0 Å². The number of rotatable bonds is 9. The van der Waals surface area contributed by atoms with Gasteiger partial charge in [-0.2, -0.15) is 0 Å². The van der Waals surface area contributed by atoms with Crippen molar-refractivity contribution in [1.82, 2.24) is 0 Å². The van der Waals surface area contributed by atoms with Gasteiger partial charge in [-0.05, 0) is 18.6 Å². The van der Waals surface area contributed by atoms with Crippen LogP contribution in [0.4, 0.5) is 0 Å². The number of ether oxygens (including phenoxy) is 3. The standard InChI is InChI=1S/C16H22O5/c1-3-21-16(18)10-9-15(19-2)14(17)12-20-11-13-7-5-4-6-8-13/h4-10,14-15,17H,3,11-12H2,1-2H3/b10-9+/t14-,15-/m0/s1. The number of aliphatic hydroxyl groups is 1. The minimum Gasteiger partial charge on any atom is -0.463 e. The van der Waals surface area contributed by atoms with E-state index in [0.29, 0.717) is 13.2 Å². The van der Waals surface area contributed by atoms with E-state index in [1.807, 2.05) is 30.3 Å². The molecule has 0 radical (unpaired) electrons. The summed E-state index contributed by atoms with van der Waals surface area (Å²) in [5, 5.41) is 9.98. The van der Waals surface area contributed by atoms with Crippen molar-refractivity contribution >= 4 is 5.97 Å². The van der Waals surface area contributed by atoms with Crippen LogP contribution in [0.3, 0.4) is 0 Å². The summed E-state index contributed by atoms with van der Waals surface area (Å²) in [6.07, 6.45) is 1.24. The van der Waals surface area contributed by atoms with Gasteiger partial charge in [-0.25, -0.2) is 4.79 Å². The van der Waals surface area contributed by atoms with Gasteiger partial charge in [0, 0.05) is 13.2 Å². The van der Waals surface area contributed by atoms with E-state index in [4.69, 9.17) is 14.2 Å². The molecule has 116 valence electrons. The summed E-state index contributed by atoms with van der Waals surface area (Å²) in [7, 11) is 1.46. The molecule has 1 aromatic carbocycles. The number of esters is 1. The van der Waals surface area contributed by atoms with Crippen LogP contribution in [-0.4, -0.2) is 43.6 Å². The molecule has 0 heterocycles. The Hall–Kier alpha value is -1.69. The van der Waals surface area contributed by atoms with Crippen molar-refractivity contribution < 1.29 is 24.1 Å². The first-order valence-corrected chi connectivity index (χ1v) is 6.84. The number of benzene rings is 1. The monoisotopic (exact) mass is 294 g/mol. The third-order valence-corrected chi connectivity index (χ3v) is 2.76. The number of hydrogen-bond acceptors (Lipinski definition) is 5. The summed E-state index contributed by atoms with van der Waals surface area (Å²) in [6.45, 7) is 2.56. The Morgan fingerprint density at radius 1 is 1.33 bits per heavy atom. The Labute approximate surface area is 125 Å². The van der Waals surface area contributed by atoms with Crippen molar-refractivity contribution in [3.63, 3.8) is 0 Å². The lowest BCUT2D eigenvalue weighted by molar-refractivity contribution is -0.137. The van der Waals surface area contributed by atoms with Crippen molar-refractivity contribution in [3.05, 3.63) is 48.0 Å². The normalized spacial score (nSPS) is 14.0. The third kappa shape index (κ3) is 7.04. The number of carbonyl (C=O) groups is 1. The Morgan fingerprint density at radius 3 is 2.67 bits per heavy atom. The van der Waals surface area contributed by atoms with E-state index in [1.165, 1.54) is 19.3 Å². The van der Waals surface area contributed by atoms with E-state index in [0.717, 1.165) is 5.56 Å². The van der Waals surface area contributed by atoms with Crippen LogP contribution in [0, 0.1) is 0 Å². The molecule has 1 aromatic rings. The van der Waals surface area contributed by atoms with Gasteiger partial charge in [0.2, 0.25) is 0 Å². The van der Waals surface area contributed by atoms with Gasteiger partial charge in [-0.3, -0.25) is 0 Å². The molecule has 21 heavy (non-hydrogen) atoms. The van der Waals surface area contributed by atoms with Crippen molar-refractivity contribution in [1.29, 1.82) is 0 Å². The molecule has 0 saturated carbocycles. The zero-order valence-corrected chi connectivity index (χ0v) is 12.4. The fourth-order valence-corrected chi connectivity index (χ4v) is 1.69. The summed E-state index contributed by atoms with van der Waals surface area (Å²) < 4.78 is 15.3. The predicted octanol–water partition coefficient (Wildman–Crippen LogP) is 1.70. The molecule has 5 heteroatoms. The van der Waals surface area contributed by atoms with Crippen LogP contribution in [0.25, 0.3) is 0 Å². The number of carbonyl (C=O) groups excluding carboxylic acids is 1. The largest absolute Gasteiger partial charge is 0.463 e. The highest BCUT2D eigenvalue weighted by molar-refractivity contribution is 5.81. The van der Waals surface area contributed by atoms with Crippen LogP contribution in [0.1, 0.15) is 12.5 Å². The highest BCUT2D eigenvalue weighted by Gasteiger charge is 2.16. The lowest BCUT2D eigenvalue weighted by atomic mass is 10.2. The average molecular weight is 294 g/mol. The van der Waals surface area contributed by atoms with Crippen molar-refractivity contribution in [2.75, 3.05) is 20.3 Å². The number of methoxy groups -OCH3 is 1. The molecule has 0 aromatic heterocycles. The maximum Gasteiger partial charge on any atom is 0.330 e. The molecule has 1 N–H and O–H groups in total. The quantitative estimate of drug-likeness (QED) is 0.555. The highest BCUT2D eigenvalue weighted by Crippen LogP contribution is 2.05. The van der Waals surface area contributed by atoms with Crippen LogP contribution in [-0.2, 0) is 25.6 Å². The molecule has 0 aliphatic heterocycles. The molecule has 0 bridgehead atoms. The number of aliphatic hydroxyl groups excluding tert-OH is 1. The lowest BCUT2D eigenvalue weighted by Crippen LogP contribution is -2.30. The maximum absolute atomic E-state index is 11.2. The van der Waals surface area contributed by atoms with Crippen LogP contribution in [0.15, 0.2) is 42.5 Å². The van der Waals surface area contributed by atoms with Crippen molar-refractivity contribution in [2.24, 2.45) is 0 Å². The van der Waals surface area contributed by atoms with Gasteiger partial charge in [-0.15, -0.1) is 0 Å². The molecule has 0 fully saturated rings. The molecular weight excluding hydrogens is 272 g/mol. The Morgan fingerprint density at radius 2 is 2.05 bits per heavy atom. The predicted molar refractivity (Wildman–Crippen MR) is 78.7 cm³/mol. The third-order valence-electron chi connectivity index (χ3n) is 2.76. The highest BCUT2D eigenvalue weighted by atomic mass is 16.5. The van der Waals surface area contributed by atoms with Gasteiger partial charge in [0.1, 0.15) is 12.2 Å². The van der Waals surface area contributed by atoms with E-state index < -0.39 is 18.2 Å². The van der Waals surface area contributed by atoms with Gasteiger partial charge >= 0.3 is 5.97 Å². The molecule has 0 spiro atoms. The zero-order chi connectivity index (χ0) is 15.5.